The number of nitrogens with zero attached hydrogens (tertiary/aromatic N) is 1. The highest BCUT2D eigenvalue weighted by molar-refractivity contribution is 6.52. The van der Waals surface area contributed by atoms with Gasteiger partial charge in [-0.25, -0.2) is 0 Å². The summed E-state index contributed by atoms with van der Waals surface area (Å²) in [5, 5.41) is 0.492. The summed E-state index contributed by atoms with van der Waals surface area (Å²) in [6.45, 7) is 0.301. The summed E-state index contributed by atoms with van der Waals surface area (Å²) in [5.74, 6) is -0.323. The van der Waals surface area contributed by atoms with E-state index in [-0.39, 0.29) is 0 Å². The molecule has 0 bridgehead atoms. The molecule has 5 heteroatoms. The lowest BCUT2D eigenvalue weighted by Crippen LogP contribution is -2.29. The van der Waals surface area contributed by atoms with Crippen molar-refractivity contribution in [2.24, 2.45) is 0 Å². The summed E-state index contributed by atoms with van der Waals surface area (Å²) in [7, 11) is 1.58. The maximum atomic E-state index is 12.1. The number of ether oxygens (including phenoxy) is 1. The Bertz CT molecular complexity index is 742. The van der Waals surface area contributed by atoms with Gasteiger partial charge < -0.3 is 9.64 Å². The monoisotopic (exact) mass is 301 g/mol. The summed E-state index contributed by atoms with van der Waals surface area (Å²) < 4.78 is 5.16. The van der Waals surface area contributed by atoms with Crippen molar-refractivity contribution in [3.05, 3.63) is 58.6 Å². The summed E-state index contributed by atoms with van der Waals surface area (Å²) in [6, 6.07) is 12.2. The second-order valence-corrected chi connectivity index (χ2v) is 5.17. The number of benzene rings is 2. The van der Waals surface area contributed by atoms with Crippen molar-refractivity contribution in [1.29, 1.82) is 0 Å². The van der Waals surface area contributed by atoms with Crippen molar-refractivity contribution < 1.29 is 14.3 Å². The molecule has 0 saturated carbocycles. The molecule has 0 spiro atoms. The van der Waals surface area contributed by atoms with E-state index < -0.39 is 11.7 Å². The van der Waals surface area contributed by atoms with Crippen LogP contribution in [0.5, 0.6) is 5.75 Å². The molecule has 0 aliphatic carbocycles. The first-order valence-corrected chi connectivity index (χ1v) is 6.76. The summed E-state index contributed by atoms with van der Waals surface area (Å²) in [6.07, 6.45) is 0. The minimum absolute atomic E-state index is 0.301. The van der Waals surface area contributed by atoms with Gasteiger partial charge in [-0.2, -0.15) is 0 Å². The lowest BCUT2D eigenvalue weighted by molar-refractivity contribution is -0.114. The van der Waals surface area contributed by atoms with Crippen molar-refractivity contribution in [1.82, 2.24) is 0 Å². The third kappa shape index (κ3) is 2.38. The molecule has 106 valence electrons. The predicted molar refractivity (Wildman–Crippen MR) is 80.0 cm³/mol. The fourth-order valence-corrected chi connectivity index (χ4v) is 2.54. The number of rotatable bonds is 3. The number of methoxy groups -OCH3 is 1. The predicted octanol–water partition coefficient (Wildman–Crippen LogP) is 3.08. The van der Waals surface area contributed by atoms with Crippen LogP contribution in [0, 0.1) is 0 Å². The molecule has 1 amide bonds. The van der Waals surface area contributed by atoms with Gasteiger partial charge in [0, 0.05) is 5.02 Å². The van der Waals surface area contributed by atoms with Gasteiger partial charge in [0.15, 0.2) is 0 Å². The number of ketones is 1. The van der Waals surface area contributed by atoms with Crippen molar-refractivity contribution in [2.45, 2.75) is 6.54 Å². The number of hydrogen-bond donors (Lipinski definition) is 0. The second kappa shape index (κ2) is 5.22. The van der Waals surface area contributed by atoms with Crippen LogP contribution in [0.3, 0.4) is 0 Å². The van der Waals surface area contributed by atoms with Gasteiger partial charge in [-0.15, -0.1) is 0 Å². The van der Waals surface area contributed by atoms with Gasteiger partial charge in [-0.05, 0) is 35.9 Å². The second-order valence-electron chi connectivity index (χ2n) is 4.73. The normalized spacial score (nSPS) is 13.5. The fourth-order valence-electron chi connectivity index (χ4n) is 2.38. The minimum atomic E-state index is -0.532. The van der Waals surface area contributed by atoms with Gasteiger partial charge in [-0.3, -0.25) is 9.59 Å². The number of carbonyl (C=O) groups excluding carboxylic acids is 2. The number of hydrogen-bond acceptors (Lipinski definition) is 3. The molecular formula is C16H12ClNO3. The molecule has 0 unspecified atom stereocenters. The molecule has 3 rings (SSSR count). The zero-order valence-electron chi connectivity index (χ0n) is 11.3. The quantitative estimate of drug-likeness (QED) is 0.819. The number of anilines is 1. The van der Waals surface area contributed by atoms with E-state index in [0.717, 1.165) is 5.56 Å². The highest BCUT2D eigenvalue weighted by atomic mass is 35.5. The number of Topliss-reactive ketones (excluding diaryl/α,β-unsaturated/α-hetero) is 1. The van der Waals surface area contributed by atoms with Crippen LogP contribution in [0.15, 0.2) is 42.5 Å². The molecule has 0 N–H and O–H groups in total. The lowest BCUT2D eigenvalue weighted by Gasteiger charge is -2.17. The van der Waals surface area contributed by atoms with E-state index in [0.29, 0.717) is 28.6 Å². The van der Waals surface area contributed by atoms with Crippen LogP contribution in [-0.2, 0) is 11.3 Å². The highest BCUT2D eigenvalue weighted by Crippen LogP contribution is 2.33. The maximum absolute atomic E-state index is 12.1. The van der Waals surface area contributed by atoms with Gasteiger partial charge in [0.1, 0.15) is 5.75 Å². The van der Waals surface area contributed by atoms with Crippen LogP contribution in [0.1, 0.15) is 15.9 Å². The molecule has 0 radical (unpaired) electrons. The fraction of sp³-hybridized carbons (Fsp3) is 0.125. The Morgan fingerprint density at radius 2 is 1.95 bits per heavy atom. The minimum Gasteiger partial charge on any atom is -0.497 e. The highest BCUT2D eigenvalue weighted by Gasteiger charge is 2.35. The van der Waals surface area contributed by atoms with E-state index >= 15 is 0 Å². The van der Waals surface area contributed by atoms with Crippen molar-refractivity contribution in [3.63, 3.8) is 0 Å². The summed E-state index contributed by atoms with van der Waals surface area (Å²) in [5.41, 5.74) is 1.83. The van der Waals surface area contributed by atoms with Crippen LogP contribution < -0.4 is 9.64 Å². The van der Waals surface area contributed by atoms with E-state index in [1.54, 1.807) is 25.3 Å². The molecular weight excluding hydrogens is 290 g/mol. The third-order valence-electron chi connectivity index (χ3n) is 3.41. The molecule has 1 aliphatic rings. The summed E-state index contributed by atoms with van der Waals surface area (Å²) in [4.78, 5) is 25.5. The molecule has 0 aromatic heterocycles. The molecule has 0 atom stereocenters. The Kier molecular flexibility index (Phi) is 3.39. The van der Waals surface area contributed by atoms with E-state index in [1.165, 1.54) is 4.90 Å². The van der Waals surface area contributed by atoms with Crippen LogP contribution >= 0.6 is 11.6 Å². The van der Waals surface area contributed by atoms with Gasteiger partial charge in [-0.1, -0.05) is 23.7 Å². The van der Waals surface area contributed by atoms with Crippen molar-refractivity contribution >= 4 is 29.0 Å². The maximum Gasteiger partial charge on any atom is 0.299 e. The first kappa shape index (κ1) is 13.6. The van der Waals surface area contributed by atoms with Crippen molar-refractivity contribution in [3.8, 4) is 5.75 Å². The Balaban J connectivity index is 1.97. The number of fused-ring (bicyclic) bond motifs is 1. The third-order valence-corrected chi connectivity index (χ3v) is 3.64. The topological polar surface area (TPSA) is 46.6 Å². The Labute approximate surface area is 126 Å². The van der Waals surface area contributed by atoms with Gasteiger partial charge in [0.2, 0.25) is 0 Å². The average molecular weight is 302 g/mol. The number of halogens is 1. The largest absolute Gasteiger partial charge is 0.497 e. The number of carbonyl (C=O) groups is 2. The zero-order valence-corrected chi connectivity index (χ0v) is 12.1. The summed E-state index contributed by atoms with van der Waals surface area (Å²) >= 11 is 5.97. The smallest absolute Gasteiger partial charge is 0.299 e. The van der Waals surface area contributed by atoms with Gasteiger partial charge in [0.25, 0.3) is 11.7 Å². The average Bonchev–Trinajstić information content (AvgIpc) is 2.72. The molecule has 1 heterocycles. The molecule has 0 fully saturated rings. The van der Waals surface area contributed by atoms with E-state index in [9.17, 15) is 9.59 Å². The first-order valence-electron chi connectivity index (χ1n) is 6.39. The van der Waals surface area contributed by atoms with Crippen LogP contribution in [0.4, 0.5) is 5.69 Å². The van der Waals surface area contributed by atoms with E-state index in [4.69, 9.17) is 16.3 Å². The standard InChI is InChI=1S/C16H12ClNO3/c1-21-12-4-2-3-10(7-12)9-18-14-8-11(17)5-6-13(14)15(19)16(18)20/h2-8H,9H2,1H3. The Morgan fingerprint density at radius 1 is 1.14 bits per heavy atom. The van der Waals surface area contributed by atoms with Crippen molar-refractivity contribution in [2.75, 3.05) is 12.0 Å². The molecule has 2 aromatic rings. The first-order chi connectivity index (χ1) is 10.1. The lowest BCUT2D eigenvalue weighted by atomic mass is 10.1. The van der Waals surface area contributed by atoms with E-state index in [2.05, 4.69) is 0 Å². The molecule has 0 saturated heterocycles. The molecule has 1 aliphatic heterocycles. The SMILES string of the molecule is COc1cccc(CN2C(=O)C(=O)c3ccc(Cl)cc32)c1. The van der Waals surface area contributed by atoms with Crippen LogP contribution in [-0.4, -0.2) is 18.8 Å². The Morgan fingerprint density at radius 3 is 2.71 bits per heavy atom. The Hall–Kier alpha value is -2.33. The number of amides is 1. The van der Waals surface area contributed by atoms with E-state index in [1.807, 2.05) is 24.3 Å². The van der Waals surface area contributed by atoms with Gasteiger partial charge in [0.05, 0.1) is 24.9 Å². The van der Waals surface area contributed by atoms with Crippen LogP contribution in [0.2, 0.25) is 5.02 Å². The molecule has 4 nitrogen and oxygen atoms in total. The zero-order chi connectivity index (χ0) is 15.0. The molecule has 21 heavy (non-hydrogen) atoms. The van der Waals surface area contributed by atoms with Gasteiger partial charge >= 0.3 is 0 Å². The van der Waals surface area contributed by atoms with Crippen LogP contribution in [0.25, 0.3) is 0 Å². The molecule has 2 aromatic carbocycles.